The summed E-state index contributed by atoms with van der Waals surface area (Å²) in [5.41, 5.74) is 0.925. The van der Waals surface area contributed by atoms with Crippen LogP contribution in [0, 0.1) is 0 Å². The third-order valence-corrected chi connectivity index (χ3v) is 5.11. The monoisotopic (exact) mass is 409 g/mol. The summed E-state index contributed by atoms with van der Waals surface area (Å²) >= 11 is 0. The van der Waals surface area contributed by atoms with E-state index in [9.17, 15) is 14.7 Å². The first kappa shape index (κ1) is 19.9. The number of Topliss-reactive ketones (excluding diaryl/α,β-unsaturated/α-hetero) is 1. The van der Waals surface area contributed by atoms with Crippen LogP contribution in [-0.4, -0.2) is 72.0 Å². The highest BCUT2D eigenvalue weighted by Crippen LogP contribution is 2.40. The lowest BCUT2D eigenvalue weighted by molar-refractivity contribution is -0.140. The summed E-state index contributed by atoms with van der Waals surface area (Å²) in [6, 6.07) is 9.48. The molecule has 1 aromatic heterocycles. The van der Waals surface area contributed by atoms with E-state index in [-0.39, 0.29) is 11.3 Å². The van der Waals surface area contributed by atoms with E-state index in [2.05, 4.69) is 4.98 Å². The van der Waals surface area contributed by atoms with Gasteiger partial charge in [0, 0.05) is 24.8 Å². The normalized spacial score (nSPS) is 20.1. The second-order valence-electron chi connectivity index (χ2n) is 7.41. The van der Waals surface area contributed by atoms with Gasteiger partial charge in [-0.2, -0.15) is 0 Å². The van der Waals surface area contributed by atoms with Gasteiger partial charge in [0.2, 0.25) is 0 Å². The maximum atomic E-state index is 12.9. The molecule has 0 saturated carbocycles. The number of hydrogen-bond donors (Lipinski definition) is 1. The van der Waals surface area contributed by atoms with Gasteiger partial charge >= 0.3 is 0 Å². The fraction of sp³-hybridized carbons (Fsp3) is 0.318. The van der Waals surface area contributed by atoms with Gasteiger partial charge in [-0.15, -0.1) is 0 Å². The highest BCUT2D eigenvalue weighted by atomic mass is 16.6. The van der Waals surface area contributed by atoms with E-state index < -0.39 is 17.7 Å². The molecule has 3 heterocycles. The maximum Gasteiger partial charge on any atom is 0.295 e. The number of benzene rings is 1. The predicted octanol–water partition coefficient (Wildman–Crippen LogP) is 1.84. The van der Waals surface area contributed by atoms with Gasteiger partial charge in [-0.25, -0.2) is 0 Å². The zero-order chi connectivity index (χ0) is 21.3. The lowest BCUT2D eigenvalue weighted by Gasteiger charge is -2.25. The number of aromatic nitrogens is 1. The second kappa shape index (κ2) is 8.16. The summed E-state index contributed by atoms with van der Waals surface area (Å²) in [5.74, 6) is -0.566. The van der Waals surface area contributed by atoms with Crippen LogP contribution in [0.3, 0.4) is 0 Å². The molecular weight excluding hydrogens is 386 g/mol. The van der Waals surface area contributed by atoms with Crippen LogP contribution in [0.15, 0.2) is 48.2 Å². The third-order valence-electron chi connectivity index (χ3n) is 5.11. The number of nitrogens with zero attached hydrogens (tertiary/aromatic N) is 3. The Morgan fingerprint density at radius 3 is 2.63 bits per heavy atom. The van der Waals surface area contributed by atoms with Crippen molar-refractivity contribution in [3.63, 3.8) is 0 Å². The summed E-state index contributed by atoms with van der Waals surface area (Å²) in [4.78, 5) is 33.5. The molecule has 0 radical (unpaired) electrons. The number of likely N-dealkylation sites (tertiary alicyclic amines) is 1. The van der Waals surface area contributed by atoms with Gasteiger partial charge < -0.3 is 24.4 Å². The minimum atomic E-state index is -0.764. The van der Waals surface area contributed by atoms with E-state index in [1.165, 1.54) is 4.90 Å². The number of ketones is 1. The number of aliphatic hydroxyl groups is 1. The second-order valence-corrected chi connectivity index (χ2v) is 7.41. The van der Waals surface area contributed by atoms with Crippen molar-refractivity contribution in [1.82, 2.24) is 14.8 Å². The number of fused-ring (bicyclic) bond motifs is 1. The average molecular weight is 409 g/mol. The fourth-order valence-corrected chi connectivity index (χ4v) is 3.61. The van der Waals surface area contributed by atoms with Crippen molar-refractivity contribution in [2.45, 2.75) is 6.04 Å². The molecule has 2 aromatic rings. The molecule has 8 heteroatoms. The Labute approximate surface area is 174 Å². The van der Waals surface area contributed by atoms with Gasteiger partial charge in [0.1, 0.15) is 25.0 Å². The van der Waals surface area contributed by atoms with Crippen LogP contribution in [-0.2, 0) is 9.59 Å². The van der Waals surface area contributed by atoms with Crippen LogP contribution in [0.2, 0.25) is 0 Å². The van der Waals surface area contributed by atoms with Gasteiger partial charge in [0.25, 0.3) is 11.7 Å². The number of amides is 1. The van der Waals surface area contributed by atoms with E-state index in [1.807, 2.05) is 19.0 Å². The first-order chi connectivity index (χ1) is 14.5. The number of pyridine rings is 1. The first-order valence-electron chi connectivity index (χ1n) is 9.71. The molecule has 0 bridgehead atoms. The molecule has 1 aromatic carbocycles. The average Bonchev–Trinajstić information content (AvgIpc) is 3.02. The Morgan fingerprint density at radius 1 is 1.17 bits per heavy atom. The zero-order valence-electron chi connectivity index (χ0n) is 16.9. The van der Waals surface area contributed by atoms with Crippen molar-refractivity contribution >= 4 is 17.4 Å². The van der Waals surface area contributed by atoms with Crippen LogP contribution < -0.4 is 9.47 Å². The van der Waals surface area contributed by atoms with Crippen LogP contribution in [0.4, 0.5) is 0 Å². The summed E-state index contributed by atoms with van der Waals surface area (Å²) in [6.45, 7) is 1.76. The summed E-state index contributed by atoms with van der Waals surface area (Å²) in [7, 11) is 3.78. The molecule has 1 atom stereocenters. The van der Waals surface area contributed by atoms with Gasteiger partial charge in [-0.1, -0.05) is 6.07 Å². The molecule has 1 fully saturated rings. The maximum absolute atomic E-state index is 12.9. The quantitative estimate of drug-likeness (QED) is 0.458. The van der Waals surface area contributed by atoms with E-state index in [4.69, 9.17) is 9.47 Å². The molecule has 1 saturated heterocycles. The highest BCUT2D eigenvalue weighted by molar-refractivity contribution is 6.46. The number of ether oxygens (including phenoxy) is 2. The highest BCUT2D eigenvalue weighted by Gasteiger charge is 2.46. The van der Waals surface area contributed by atoms with Crippen molar-refractivity contribution in [1.29, 1.82) is 0 Å². The topological polar surface area (TPSA) is 92.2 Å². The number of rotatable bonds is 5. The minimum Gasteiger partial charge on any atom is -0.507 e. The number of likely N-dealkylation sites (N-methyl/N-ethyl adjacent to an activating group) is 1. The lowest BCUT2D eigenvalue weighted by atomic mass is 9.98. The van der Waals surface area contributed by atoms with Crippen molar-refractivity contribution in [3.05, 3.63) is 59.4 Å². The largest absolute Gasteiger partial charge is 0.507 e. The molecule has 8 nitrogen and oxygen atoms in total. The smallest absolute Gasteiger partial charge is 0.295 e. The molecule has 1 unspecified atom stereocenters. The fourth-order valence-electron chi connectivity index (χ4n) is 3.61. The van der Waals surface area contributed by atoms with Crippen LogP contribution in [0.25, 0.3) is 5.76 Å². The zero-order valence-corrected chi connectivity index (χ0v) is 16.9. The Bertz CT molecular complexity index is 1000. The third kappa shape index (κ3) is 3.61. The minimum absolute atomic E-state index is 0.0223. The molecule has 1 amide bonds. The van der Waals surface area contributed by atoms with Crippen molar-refractivity contribution in [2.24, 2.45) is 0 Å². The van der Waals surface area contributed by atoms with Crippen molar-refractivity contribution in [2.75, 3.05) is 40.4 Å². The lowest BCUT2D eigenvalue weighted by Crippen LogP contribution is -2.35. The summed E-state index contributed by atoms with van der Waals surface area (Å²) in [6.07, 6.45) is 1.60. The Kier molecular flexibility index (Phi) is 5.41. The first-order valence-corrected chi connectivity index (χ1v) is 9.71. The predicted molar refractivity (Wildman–Crippen MR) is 109 cm³/mol. The summed E-state index contributed by atoms with van der Waals surface area (Å²) < 4.78 is 11.1. The van der Waals surface area contributed by atoms with Crippen LogP contribution in [0.1, 0.15) is 17.3 Å². The van der Waals surface area contributed by atoms with E-state index in [0.29, 0.717) is 49.1 Å². The van der Waals surface area contributed by atoms with Crippen LogP contribution >= 0.6 is 0 Å². The van der Waals surface area contributed by atoms with E-state index >= 15 is 0 Å². The Balaban J connectivity index is 1.81. The molecule has 156 valence electrons. The summed E-state index contributed by atoms with van der Waals surface area (Å²) in [5, 5.41) is 11.1. The number of hydrogen-bond acceptors (Lipinski definition) is 7. The number of carbonyl (C=O) groups excluding carboxylic acids is 2. The van der Waals surface area contributed by atoms with Crippen LogP contribution in [0.5, 0.6) is 11.5 Å². The van der Waals surface area contributed by atoms with Crippen molar-refractivity contribution in [3.8, 4) is 11.5 Å². The molecule has 4 rings (SSSR count). The molecule has 1 N–H and O–H groups in total. The molecule has 2 aliphatic heterocycles. The molecule has 30 heavy (non-hydrogen) atoms. The number of carbonyl (C=O) groups is 2. The molecule has 0 spiro atoms. The van der Waals surface area contributed by atoms with Gasteiger partial charge in [0.05, 0.1) is 11.3 Å². The Morgan fingerprint density at radius 2 is 1.93 bits per heavy atom. The molecule has 0 aliphatic carbocycles. The molecule has 2 aliphatic rings. The van der Waals surface area contributed by atoms with Crippen molar-refractivity contribution < 1.29 is 24.2 Å². The van der Waals surface area contributed by atoms with Gasteiger partial charge in [-0.05, 0) is 44.4 Å². The molecular formula is C22H23N3O5. The van der Waals surface area contributed by atoms with E-state index in [1.54, 1.807) is 42.6 Å². The van der Waals surface area contributed by atoms with Gasteiger partial charge in [0.15, 0.2) is 11.5 Å². The van der Waals surface area contributed by atoms with E-state index in [0.717, 1.165) is 0 Å². The standard InChI is InChI=1S/C22H23N3O5/c1-24(2)9-10-25-19(15-5-3-4-8-23-15)18(21(27)22(25)28)20(26)14-6-7-16-17(13-14)30-12-11-29-16/h3-8,13,19,26H,9-12H2,1-2H3/b20-18+. The number of aliphatic hydroxyl groups excluding tert-OH is 1. The van der Waals surface area contributed by atoms with Gasteiger partial charge in [-0.3, -0.25) is 14.6 Å². The Hall–Kier alpha value is -3.39. The SMILES string of the molecule is CN(C)CCN1C(=O)C(=O)/C(=C(/O)c2ccc3c(c2)OCCO3)C1c1ccccn1.